The second-order valence-electron chi connectivity index (χ2n) is 5.73. The number of rotatable bonds is 3. The first-order valence-electron chi connectivity index (χ1n) is 6.64. The summed E-state index contributed by atoms with van der Waals surface area (Å²) < 4.78 is 0. The molecule has 3 amide bonds. The Bertz CT molecular complexity index is 492. The maximum Gasteiger partial charge on any atom is 0.321 e. The van der Waals surface area contributed by atoms with Crippen LogP contribution in [0.15, 0.2) is 24.3 Å². The number of carbonyl (C=O) groups is 2. The Morgan fingerprint density at radius 1 is 1.15 bits per heavy atom. The lowest BCUT2D eigenvalue weighted by Crippen LogP contribution is -2.44. The summed E-state index contributed by atoms with van der Waals surface area (Å²) in [4.78, 5) is 23.0. The van der Waals surface area contributed by atoms with Gasteiger partial charge in [-0.15, -0.1) is 0 Å². The fourth-order valence-electron chi connectivity index (χ4n) is 1.84. The van der Waals surface area contributed by atoms with Gasteiger partial charge in [0.05, 0.1) is 0 Å². The van der Waals surface area contributed by atoms with Crippen LogP contribution in [-0.2, 0) is 10.2 Å². The molecule has 0 saturated heterocycles. The van der Waals surface area contributed by atoms with Crippen LogP contribution in [-0.4, -0.2) is 25.0 Å². The minimum Gasteiger partial charge on any atom is -0.374 e. The molecule has 1 aromatic rings. The SMILES string of the molecule is CNC(=O)NC(=O)C(C)Nc1ccccc1C(C)(C)C. The fourth-order valence-corrected chi connectivity index (χ4v) is 1.84. The first kappa shape index (κ1) is 16.0. The number of urea groups is 1. The number of anilines is 1. The van der Waals surface area contributed by atoms with Gasteiger partial charge in [0, 0.05) is 12.7 Å². The monoisotopic (exact) mass is 277 g/mol. The first-order valence-corrected chi connectivity index (χ1v) is 6.64. The third-order valence-electron chi connectivity index (χ3n) is 2.96. The van der Waals surface area contributed by atoms with Crippen molar-refractivity contribution in [3.05, 3.63) is 29.8 Å². The number of benzene rings is 1. The van der Waals surface area contributed by atoms with E-state index >= 15 is 0 Å². The van der Waals surface area contributed by atoms with Crippen LogP contribution in [0.2, 0.25) is 0 Å². The van der Waals surface area contributed by atoms with Crippen molar-refractivity contribution < 1.29 is 9.59 Å². The zero-order chi connectivity index (χ0) is 15.3. The molecule has 0 fully saturated rings. The van der Waals surface area contributed by atoms with Gasteiger partial charge < -0.3 is 10.6 Å². The van der Waals surface area contributed by atoms with Gasteiger partial charge in [-0.3, -0.25) is 10.1 Å². The summed E-state index contributed by atoms with van der Waals surface area (Å²) in [6, 6.07) is 6.85. The maximum atomic E-state index is 11.8. The van der Waals surface area contributed by atoms with Crippen molar-refractivity contribution in [1.29, 1.82) is 0 Å². The van der Waals surface area contributed by atoms with Gasteiger partial charge >= 0.3 is 6.03 Å². The van der Waals surface area contributed by atoms with Crippen LogP contribution in [0.4, 0.5) is 10.5 Å². The van der Waals surface area contributed by atoms with E-state index in [0.717, 1.165) is 11.3 Å². The molecule has 0 aromatic heterocycles. The molecule has 0 bridgehead atoms. The van der Waals surface area contributed by atoms with Crippen LogP contribution < -0.4 is 16.0 Å². The number of amides is 3. The van der Waals surface area contributed by atoms with E-state index in [1.165, 1.54) is 7.05 Å². The molecule has 5 heteroatoms. The van der Waals surface area contributed by atoms with Gasteiger partial charge in [0.1, 0.15) is 6.04 Å². The number of hydrogen-bond donors (Lipinski definition) is 3. The smallest absolute Gasteiger partial charge is 0.321 e. The molecular weight excluding hydrogens is 254 g/mol. The lowest BCUT2D eigenvalue weighted by molar-refractivity contribution is -0.120. The summed E-state index contributed by atoms with van der Waals surface area (Å²) >= 11 is 0. The predicted molar refractivity (Wildman–Crippen MR) is 80.8 cm³/mol. The van der Waals surface area contributed by atoms with Crippen LogP contribution in [0.1, 0.15) is 33.3 Å². The van der Waals surface area contributed by atoms with E-state index in [9.17, 15) is 9.59 Å². The second-order valence-corrected chi connectivity index (χ2v) is 5.73. The number of para-hydroxylation sites is 1. The van der Waals surface area contributed by atoms with E-state index in [4.69, 9.17) is 0 Å². The van der Waals surface area contributed by atoms with Crippen LogP contribution in [0.3, 0.4) is 0 Å². The molecule has 3 N–H and O–H groups in total. The zero-order valence-electron chi connectivity index (χ0n) is 12.7. The Morgan fingerprint density at radius 2 is 1.75 bits per heavy atom. The van der Waals surface area contributed by atoms with Crippen molar-refractivity contribution in [2.24, 2.45) is 0 Å². The Hall–Kier alpha value is -2.04. The molecule has 0 heterocycles. The Morgan fingerprint density at radius 3 is 2.30 bits per heavy atom. The molecule has 0 radical (unpaired) electrons. The summed E-state index contributed by atoms with van der Waals surface area (Å²) in [6.45, 7) is 8.06. The number of imide groups is 1. The van der Waals surface area contributed by atoms with Gasteiger partial charge in [-0.25, -0.2) is 4.79 Å². The highest BCUT2D eigenvalue weighted by molar-refractivity contribution is 5.97. The minimum atomic E-state index is -0.507. The molecule has 0 aliphatic heterocycles. The fraction of sp³-hybridized carbons (Fsp3) is 0.467. The molecule has 110 valence electrons. The topological polar surface area (TPSA) is 70.2 Å². The van der Waals surface area contributed by atoms with E-state index in [2.05, 4.69) is 36.7 Å². The normalized spacial score (nSPS) is 12.4. The van der Waals surface area contributed by atoms with E-state index in [1.54, 1.807) is 6.92 Å². The quantitative estimate of drug-likeness (QED) is 0.793. The third-order valence-corrected chi connectivity index (χ3v) is 2.96. The largest absolute Gasteiger partial charge is 0.374 e. The van der Waals surface area contributed by atoms with Gasteiger partial charge in [-0.1, -0.05) is 39.0 Å². The molecule has 1 aromatic carbocycles. The van der Waals surface area contributed by atoms with Gasteiger partial charge in [-0.05, 0) is 24.0 Å². The van der Waals surface area contributed by atoms with E-state index in [0.29, 0.717) is 0 Å². The maximum absolute atomic E-state index is 11.8. The minimum absolute atomic E-state index is 0.0272. The van der Waals surface area contributed by atoms with Gasteiger partial charge in [0.2, 0.25) is 5.91 Å². The zero-order valence-corrected chi connectivity index (χ0v) is 12.7. The van der Waals surface area contributed by atoms with Crippen LogP contribution in [0.25, 0.3) is 0 Å². The standard InChI is InChI=1S/C15H23N3O2/c1-10(13(19)18-14(20)16-5)17-12-9-7-6-8-11(12)15(2,3)4/h6-10,17H,1-5H3,(H2,16,18,19,20). The summed E-state index contributed by atoms with van der Waals surface area (Å²) in [5.74, 6) is -0.368. The molecule has 1 unspecified atom stereocenters. The molecule has 0 saturated carbocycles. The van der Waals surface area contributed by atoms with Crippen molar-refractivity contribution in [3.8, 4) is 0 Å². The van der Waals surface area contributed by atoms with Crippen molar-refractivity contribution in [3.63, 3.8) is 0 Å². The van der Waals surface area contributed by atoms with E-state index < -0.39 is 12.1 Å². The molecule has 1 atom stereocenters. The van der Waals surface area contributed by atoms with E-state index in [-0.39, 0.29) is 11.3 Å². The number of nitrogens with one attached hydrogen (secondary N) is 3. The van der Waals surface area contributed by atoms with Crippen LogP contribution in [0.5, 0.6) is 0 Å². The average Bonchev–Trinajstić information content (AvgIpc) is 2.37. The first-order chi connectivity index (χ1) is 9.25. The van der Waals surface area contributed by atoms with E-state index in [1.807, 2.05) is 24.3 Å². The Kier molecular flexibility index (Phi) is 5.13. The van der Waals surface area contributed by atoms with Gasteiger partial charge in [-0.2, -0.15) is 0 Å². The summed E-state index contributed by atoms with van der Waals surface area (Å²) in [7, 11) is 1.47. The van der Waals surface area contributed by atoms with Crippen LogP contribution in [0, 0.1) is 0 Å². The number of hydrogen-bond acceptors (Lipinski definition) is 3. The predicted octanol–water partition coefficient (Wildman–Crippen LogP) is 2.24. The third kappa shape index (κ3) is 4.26. The van der Waals surface area contributed by atoms with Gasteiger partial charge in [0.15, 0.2) is 0 Å². The molecule has 1 rings (SSSR count). The lowest BCUT2D eigenvalue weighted by Gasteiger charge is -2.25. The molecule has 0 aliphatic rings. The average molecular weight is 277 g/mol. The summed E-state index contributed by atoms with van der Waals surface area (Å²) in [5, 5.41) is 7.76. The highest BCUT2D eigenvalue weighted by atomic mass is 16.2. The Labute approximate surface area is 120 Å². The second kappa shape index (κ2) is 6.41. The Balaban J connectivity index is 2.83. The van der Waals surface area contributed by atoms with Crippen molar-refractivity contribution >= 4 is 17.6 Å². The van der Waals surface area contributed by atoms with Crippen LogP contribution >= 0.6 is 0 Å². The summed E-state index contributed by atoms with van der Waals surface area (Å²) in [5.41, 5.74) is 2.00. The number of carbonyl (C=O) groups excluding carboxylic acids is 2. The molecule has 0 aliphatic carbocycles. The molecule has 20 heavy (non-hydrogen) atoms. The highest BCUT2D eigenvalue weighted by Gasteiger charge is 2.20. The van der Waals surface area contributed by atoms with Crippen molar-refractivity contribution in [2.75, 3.05) is 12.4 Å². The van der Waals surface area contributed by atoms with Crippen molar-refractivity contribution in [1.82, 2.24) is 10.6 Å². The molecule has 5 nitrogen and oxygen atoms in total. The lowest BCUT2D eigenvalue weighted by atomic mass is 9.85. The van der Waals surface area contributed by atoms with Crippen molar-refractivity contribution in [2.45, 2.75) is 39.2 Å². The molecule has 0 spiro atoms. The summed E-state index contributed by atoms with van der Waals surface area (Å²) in [6.07, 6.45) is 0. The van der Waals surface area contributed by atoms with Gasteiger partial charge in [0.25, 0.3) is 0 Å². The highest BCUT2D eigenvalue weighted by Crippen LogP contribution is 2.29. The molecular formula is C15H23N3O2.